The van der Waals surface area contributed by atoms with Crippen LogP contribution in [0.5, 0.6) is 0 Å². The number of hydrogen-bond acceptors (Lipinski definition) is 3. The standard InChI is InChI=1S/C12H16N4/c1-11-2-4-12(5-3-11)10-13-6-8-16-9-7-14-15-16/h2-5,7,9,13H,6,8,10H2,1H3. The molecule has 0 saturated heterocycles. The maximum absolute atomic E-state index is 3.90. The molecule has 0 saturated carbocycles. The highest BCUT2D eigenvalue weighted by molar-refractivity contribution is 5.20. The van der Waals surface area contributed by atoms with Gasteiger partial charge in [0.25, 0.3) is 0 Å². The van der Waals surface area contributed by atoms with Gasteiger partial charge in [-0.1, -0.05) is 35.0 Å². The molecule has 0 unspecified atom stereocenters. The Bertz CT molecular complexity index is 405. The Labute approximate surface area is 95.3 Å². The third kappa shape index (κ3) is 3.17. The number of nitrogens with zero attached hydrogens (tertiary/aromatic N) is 3. The van der Waals surface area contributed by atoms with Crippen molar-refractivity contribution < 1.29 is 0 Å². The first-order valence-electron chi connectivity index (χ1n) is 5.45. The van der Waals surface area contributed by atoms with Gasteiger partial charge in [-0.05, 0) is 12.5 Å². The highest BCUT2D eigenvalue weighted by atomic mass is 15.4. The number of hydrogen-bond donors (Lipinski definition) is 1. The van der Waals surface area contributed by atoms with Crippen molar-refractivity contribution in [1.82, 2.24) is 20.3 Å². The van der Waals surface area contributed by atoms with E-state index < -0.39 is 0 Å². The molecule has 0 spiro atoms. The predicted octanol–water partition coefficient (Wildman–Crippen LogP) is 1.38. The lowest BCUT2D eigenvalue weighted by molar-refractivity contribution is 0.540. The molecular formula is C12H16N4. The fourth-order valence-corrected chi connectivity index (χ4v) is 1.48. The summed E-state index contributed by atoms with van der Waals surface area (Å²) in [7, 11) is 0. The molecule has 0 aliphatic heterocycles. The quantitative estimate of drug-likeness (QED) is 0.768. The van der Waals surface area contributed by atoms with Crippen LogP contribution in [0.15, 0.2) is 36.7 Å². The van der Waals surface area contributed by atoms with Gasteiger partial charge in [-0.2, -0.15) is 0 Å². The summed E-state index contributed by atoms with van der Waals surface area (Å²) in [4.78, 5) is 0. The van der Waals surface area contributed by atoms with E-state index in [0.717, 1.165) is 19.6 Å². The first-order valence-corrected chi connectivity index (χ1v) is 5.45. The fourth-order valence-electron chi connectivity index (χ4n) is 1.48. The lowest BCUT2D eigenvalue weighted by atomic mass is 10.1. The topological polar surface area (TPSA) is 42.7 Å². The van der Waals surface area contributed by atoms with Crippen molar-refractivity contribution in [2.24, 2.45) is 0 Å². The largest absolute Gasteiger partial charge is 0.311 e. The summed E-state index contributed by atoms with van der Waals surface area (Å²) in [6.07, 6.45) is 3.56. The summed E-state index contributed by atoms with van der Waals surface area (Å²) < 4.78 is 1.82. The first-order chi connectivity index (χ1) is 7.84. The molecule has 84 valence electrons. The second kappa shape index (κ2) is 5.42. The van der Waals surface area contributed by atoms with Crippen LogP contribution >= 0.6 is 0 Å². The lowest BCUT2D eigenvalue weighted by Crippen LogP contribution is -2.19. The molecule has 0 bridgehead atoms. The highest BCUT2D eigenvalue weighted by Crippen LogP contribution is 2.02. The zero-order valence-corrected chi connectivity index (χ0v) is 9.43. The van der Waals surface area contributed by atoms with Gasteiger partial charge >= 0.3 is 0 Å². The molecule has 0 aliphatic rings. The predicted molar refractivity (Wildman–Crippen MR) is 62.9 cm³/mol. The molecule has 0 fully saturated rings. The average Bonchev–Trinajstić information content (AvgIpc) is 2.80. The van der Waals surface area contributed by atoms with Gasteiger partial charge in [0.15, 0.2) is 0 Å². The van der Waals surface area contributed by atoms with E-state index in [9.17, 15) is 0 Å². The Balaban J connectivity index is 1.70. The molecule has 1 aromatic heterocycles. The van der Waals surface area contributed by atoms with Gasteiger partial charge in [0, 0.05) is 19.3 Å². The smallest absolute Gasteiger partial charge is 0.0692 e. The van der Waals surface area contributed by atoms with Crippen LogP contribution < -0.4 is 5.32 Å². The fraction of sp³-hybridized carbons (Fsp3) is 0.333. The van der Waals surface area contributed by atoms with Crippen molar-refractivity contribution in [1.29, 1.82) is 0 Å². The average molecular weight is 216 g/mol. The Morgan fingerprint density at radius 1 is 1.25 bits per heavy atom. The van der Waals surface area contributed by atoms with Gasteiger partial charge in [0.1, 0.15) is 0 Å². The Kier molecular flexibility index (Phi) is 3.66. The second-order valence-electron chi connectivity index (χ2n) is 3.83. The molecule has 1 heterocycles. The summed E-state index contributed by atoms with van der Waals surface area (Å²) in [5.41, 5.74) is 2.61. The zero-order chi connectivity index (χ0) is 11.2. The van der Waals surface area contributed by atoms with E-state index in [1.807, 2.05) is 10.9 Å². The van der Waals surface area contributed by atoms with Crippen molar-refractivity contribution in [3.05, 3.63) is 47.8 Å². The SMILES string of the molecule is Cc1ccc(CNCCn2ccnn2)cc1. The van der Waals surface area contributed by atoms with Crippen LogP contribution in [-0.2, 0) is 13.1 Å². The van der Waals surface area contributed by atoms with Gasteiger partial charge in [-0.3, -0.25) is 4.68 Å². The van der Waals surface area contributed by atoms with Crippen molar-refractivity contribution in [3.8, 4) is 0 Å². The number of nitrogens with one attached hydrogen (secondary N) is 1. The van der Waals surface area contributed by atoms with E-state index in [4.69, 9.17) is 0 Å². The summed E-state index contributed by atoms with van der Waals surface area (Å²) in [5.74, 6) is 0. The molecule has 0 aliphatic carbocycles. The molecule has 0 radical (unpaired) electrons. The summed E-state index contributed by atoms with van der Waals surface area (Å²) in [5, 5.41) is 11.0. The summed E-state index contributed by atoms with van der Waals surface area (Å²) in [6.45, 7) is 4.75. The van der Waals surface area contributed by atoms with Crippen LogP contribution in [0.2, 0.25) is 0 Å². The van der Waals surface area contributed by atoms with Gasteiger partial charge in [-0.25, -0.2) is 0 Å². The second-order valence-corrected chi connectivity index (χ2v) is 3.83. The zero-order valence-electron chi connectivity index (χ0n) is 9.43. The van der Waals surface area contributed by atoms with Crippen LogP contribution in [0.4, 0.5) is 0 Å². The maximum Gasteiger partial charge on any atom is 0.0692 e. The molecule has 0 atom stereocenters. The Morgan fingerprint density at radius 2 is 2.06 bits per heavy atom. The molecule has 2 aromatic rings. The number of aromatic nitrogens is 3. The number of aryl methyl sites for hydroxylation is 1. The van der Waals surface area contributed by atoms with E-state index in [2.05, 4.69) is 46.8 Å². The van der Waals surface area contributed by atoms with Crippen LogP contribution in [0.1, 0.15) is 11.1 Å². The van der Waals surface area contributed by atoms with Crippen LogP contribution in [-0.4, -0.2) is 21.5 Å². The normalized spacial score (nSPS) is 10.6. The number of benzene rings is 1. The van der Waals surface area contributed by atoms with E-state index >= 15 is 0 Å². The summed E-state index contributed by atoms with van der Waals surface area (Å²) >= 11 is 0. The lowest BCUT2D eigenvalue weighted by Gasteiger charge is -2.05. The van der Waals surface area contributed by atoms with E-state index in [1.54, 1.807) is 6.20 Å². The molecule has 1 N–H and O–H groups in total. The third-order valence-electron chi connectivity index (χ3n) is 2.44. The van der Waals surface area contributed by atoms with Crippen molar-refractivity contribution in [3.63, 3.8) is 0 Å². The van der Waals surface area contributed by atoms with Crippen molar-refractivity contribution in [2.45, 2.75) is 20.0 Å². The number of rotatable bonds is 5. The highest BCUT2D eigenvalue weighted by Gasteiger charge is 1.93. The van der Waals surface area contributed by atoms with Gasteiger partial charge in [0.2, 0.25) is 0 Å². The van der Waals surface area contributed by atoms with Crippen LogP contribution in [0, 0.1) is 6.92 Å². The minimum absolute atomic E-state index is 0.853. The minimum atomic E-state index is 0.853. The molecule has 4 nitrogen and oxygen atoms in total. The molecular weight excluding hydrogens is 200 g/mol. The van der Waals surface area contributed by atoms with Gasteiger partial charge in [-0.15, -0.1) is 5.10 Å². The molecule has 1 aromatic carbocycles. The molecule has 4 heteroatoms. The first kappa shape index (κ1) is 10.8. The van der Waals surface area contributed by atoms with Crippen LogP contribution in [0.25, 0.3) is 0 Å². The Morgan fingerprint density at radius 3 is 2.75 bits per heavy atom. The van der Waals surface area contributed by atoms with Crippen LogP contribution in [0.3, 0.4) is 0 Å². The van der Waals surface area contributed by atoms with E-state index in [-0.39, 0.29) is 0 Å². The molecule has 0 amide bonds. The minimum Gasteiger partial charge on any atom is -0.311 e. The van der Waals surface area contributed by atoms with Crippen molar-refractivity contribution >= 4 is 0 Å². The van der Waals surface area contributed by atoms with E-state index in [0.29, 0.717) is 0 Å². The van der Waals surface area contributed by atoms with Gasteiger partial charge < -0.3 is 5.32 Å². The van der Waals surface area contributed by atoms with Crippen molar-refractivity contribution in [2.75, 3.05) is 6.54 Å². The van der Waals surface area contributed by atoms with E-state index in [1.165, 1.54) is 11.1 Å². The molecule has 16 heavy (non-hydrogen) atoms. The Hall–Kier alpha value is -1.68. The maximum atomic E-state index is 3.90. The monoisotopic (exact) mass is 216 g/mol. The third-order valence-corrected chi connectivity index (χ3v) is 2.44. The summed E-state index contributed by atoms with van der Waals surface area (Å²) in [6, 6.07) is 8.57. The van der Waals surface area contributed by atoms with Gasteiger partial charge in [0.05, 0.1) is 12.7 Å². The molecule has 2 rings (SSSR count).